The van der Waals surface area contributed by atoms with Crippen molar-refractivity contribution in [3.8, 4) is 45.2 Å². The number of hydrogen-bond acceptors (Lipinski definition) is 10. The van der Waals surface area contributed by atoms with Crippen molar-refractivity contribution in [2.75, 3.05) is 7.11 Å². The van der Waals surface area contributed by atoms with Gasteiger partial charge in [0.25, 0.3) is 11.8 Å². The first-order valence-corrected chi connectivity index (χ1v) is 26.3. The summed E-state index contributed by atoms with van der Waals surface area (Å²) < 4.78 is 7.47. The number of halogens is 1. The summed E-state index contributed by atoms with van der Waals surface area (Å²) in [5.74, 6) is 0.539. The van der Waals surface area contributed by atoms with Gasteiger partial charge in [-0.25, -0.2) is 0 Å². The van der Waals surface area contributed by atoms with Gasteiger partial charge < -0.3 is 15.4 Å². The van der Waals surface area contributed by atoms with Crippen molar-refractivity contribution >= 4 is 109 Å². The zero-order chi connectivity index (χ0) is 53.9. The maximum Gasteiger partial charge on any atom is 0.263 e. The topological polar surface area (TPSA) is 125 Å². The number of nitrogens with zero attached hydrogens (tertiary/aromatic N) is 1. The number of thioether (sulfide) groups is 2. The van der Waals surface area contributed by atoms with Crippen LogP contribution in [0.4, 0.5) is 0 Å². The predicted molar refractivity (Wildman–Crippen MR) is 326 cm³/mol. The Morgan fingerprint density at radius 1 is 0.533 bits per heavy atom. The molecule has 2 aliphatic heterocycles. The Hall–Kier alpha value is -7.05. The Labute approximate surface area is 469 Å². The first-order chi connectivity index (χ1) is 35.4. The average molecular weight is 1130 g/mol. The van der Waals surface area contributed by atoms with Crippen LogP contribution in [0.2, 0.25) is 0 Å². The van der Waals surface area contributed by atoms with Gasteiger partial charge in [-0.2, -0.15) is 5.26 Å². The third kappa shape index (κ3) is 18.1. The molecular formula is C62H58BrN3O5S4. The highest BCUT2D eigenvalue weighted by Gasteiger charge is 2.23. The molecule has 9 rings (SSSR count). The van der Waals surface area contributed by atoms with Crippen molar-refractivity contribution in [1.29, 1.82) is 5.26 Å². The van der Waals surface area contributed by atoms with E-state index >= 15 is 0 Å². The largest absolute Gasteiger partial charge is 0.496 e. The van der Waals surface area contributed by atoms with Crippen LogP contribution in [0.25, 0.3) is 45.5 Å². The van der Waals surface area contributed by atoms with E-state index in [1.165, 1.54) is 75.0 Å². The summed E-state index contributed by atoms with van der Waals surface area (Å²) in [5.41, 5.74) is 17.3. The van der Waals surface area contributed by atoms with E-state index in [1.807, 2.05) is 91.9 Å². The highest BCUT2D eigenvalue weighted by atomic mass is 79.9. The van der Waals surface area contributed by atoms with Crippen LogP contribution in [0.3, 0.4) is 0 Å². The molecule has 2 saturated heterocycles. The highest BCUT2D eigenvalue weighted by molar-refractivity contribution is 9.10. The van der Waals surface area contributed by atoms with E-state index in [9.17, 15) is 19.2 Å². The maximum atomic E-state index is 11.8. The molecule has 0 bridgehead atoms. The molecule has 0 aromatic heterocycles. The first-order valence-electron chi connectivity index (χ1n) is 23.0. The summed E-state index contributed by atoms with van der Waals surface area (Å²) in [7, 11) is 1.66. The van der Waals surface area contributed by atoms with Crippen LogP contribution >= 0.6 is 63.9 Å². The van der Waals surface area contributed by atoms with Gasteiger partial charge >= 0.3 is 0 Å². The molecule has 2 N–H and O–H groups in total. The summed E-state index contributed by atoms with van der Waals surface area (Å²) in [4.78, 5) is 45.8. The average Bonchev–Trinajstić information content (AvgIpc) is 3.88. The van der Waals surface area contributed by atoms with E-state index < -0.39 is 0 Å². The molecule has 75 heavy (non-hydrogen) atoms. The Morgan fingerprint density at radius 2 is 0.893 bits per heavy atom. The van der Waals surface area contributed by atoms with Crippen LogP contribution in [0.1, 0.15) is 79.6 Å². The molecule has 7 aromatic carbocycles. The predicted octanol–water partition coefficient (Wildman–Crippen LogP) is 16.1. The minimum absolute atomic E-state index is 0. The van der Waals surface area contributed by atoms with E-state index in [0.29, 0.717) is 24.0 Å². The van der Waals surface area contributed by atoms with Gasteiger partial charge in [-0.15, -0.1) is 0 Å². The van der Waals surface area contributed by atoms with E-state index in [0.717, 1.165) is 61.7 Å². The molecule has 2 amide bonds. The molecule has 0 radical (unpaired) electrons. The van der Waals surface area contributed by atoms with Crippen molar-refractivity contribution < 1.29 is 23.9 Å². The van der Waals surface area contributed by atoms with Crippen LogP contribution in [-0.2, 0) is 9.59 Å². The normalized spacial score (nSPS) is 13.1. The molecule has 0 spiro atoms. The number of benzene rings is 7. The lowest BCUT2D eigenvalue weighted by Crippen LogP contribution is -2.17. The van der Waals surface area contributed by atoms with Crippen molar-refractivity contribution in [2.45, 2.75) is 55.9 Å². The molecule has 0 atom stereocenters. The SMILES string of the molecule is C.CC#N.COc1ccc(/C=C2\SC(=S)NC2=O)cc1-c1cccc(C)c1.Cc1ccc(C=O)cc1Br.Cc1cccc(-c2cc(/C=C3\SC(=S)NC3=O)ccc2C)c1.Cc1cccc(-c2cc(C=O)ccc2C)c1. The van der Waals surface area contributed by atoms with Crippen molar-refractivity contribution in [3.63, 3.8) is 0 Å². The molecule has 0 saturated carbocycles. The van der Waals surface area contributed by atoms with Crippen LogP contribution in [0.5, 0.6) is 5.75 Å². The molecule has 13 heteroatoms. The zero-order valence-electron chi connectivity index (χ0n) is 42.2. The third-order valence-corrected chi connectivity index (χ3v) is 14.3. The number of carbonyl (C=O) groups is 4. The molecule has 2 fully saturated rings. The number of nitrogens with one attached hydrogen (secondary N) is 2. The number of aldehydes is 2. The van der Waals surface area contributed by atoms with Gasteiger partial charge in [0.05, 0.1) is 23.0 Å². The van der Waals surface area contributed by atoms with Gasteiger partial charge in [0.1, 0.15) is 27.0 Å². The number of rotatable bonds is 8. The molecule has 7 aromatic rings. The molecular weight excluding hydrogens is 1070 g/mol. The third-order valence-electron chi connectivity index (χ3n) is 11.1. The Morgan fingerprint density at radius 3 is 1.27 bits per heavy atom. The van der Waals surface area contributed by atoms with Crippen LogP contribution in [0, 0.1) is 52.9 Å². The highest BCUT2D eigenvalue weighted by Crippen LogP contribution is 2.34. The smallest absolute Gasteiger partial charge is 0.263 e. The van der Waals surface area contributed by atoms with Crippen LogP contribution in [0.15, 0.2) is 160 Å². The van der Waals surface area contributed by atoms with E-state index in [2.05, 4.69) is 128 Å². The lowest BCUT2D eigenvalue weighted by molar-refractivity contribution is -0.116. The van der Waals surface area contributed by atoms with Crippen molar-refractivity contribution in [3.05, 3.63) is 216 Å². The first kappa shape index (κ1) is 60.5. The quantitative estimate of drug-likeness (QED) is 0.0863. The number of carbonyl (C=O) groups excluding carboxylic acids is 4. The molecule has 2 heterocycles. The van der Waals surface area contributed by atoms with Gasteiger partial charge in [-0.1, -0.05) is 203 Å². The monoisotopic (exact) mass is 1130 g/mol. The second-order valence-electron chi connectivity index (χ2n) is 16.9. The molecule has 8 nitrogen and oxygen atoms in total. The molecule has 2 aliphatic rings. The maximum absolute atomic E-state index is 11.8. The lowest BCUT2D eigenvalue weighted by atomic mass is 9.97. The fraction of sp³-hybridized carbons (Fsp3) is 0.145. The van der Waals surface area contributed by atoms with Crippen molar-refractivity contribution in [2.24, 2.45) is 0 Å². The second-order valence-corrected chi connectivity index (χ2v) is 21.2. The van der Waals surface area contributed by atoms with Crippen LogP contribution < -0.4 is 15.4 Å². The number of hydrogen-bond donors (Lipinski definition) is 2. The number of thiocarbonyl (C=S) groups is 2. The Bertz CT molecular complexity index is 3360. The fourth-order valence-electron chi connectivity index (χ4n) is 7.37. The standard InChI is InChI=1S/C18H15NO2S2.C18H15NOS2.C15H14O.C8H7BrO.C2H3N.CH4/c1-11-4-3-5-13(8-11)14-9-12(6-7-15(14)21-2)10-16-17(20)19-18(22)23-16;1-11-4-3-5-14(8-11)15-9-13(7-6-12(15)2)10-16-17(20)19-18(21)22-16;1-11-4-3-5-14(8-11)15-9-13(10-16)7-6-12(15)2;1-6-2-3-7(5-10)4-8(6)9;1-2-3;/h3-10H,1-2H3,(H,19,20,22);3-10H,1-2H3,(H,19,20,21);3-10H,1-2H3;2-5H,1H3;1H3;1H4/b2*16-10-;;;;. The minimum Gasteiger partial charge on any atom is -0.496 e. The number of methoxy groups -OCH3 is 1. The van der Waals surface area contributed by atoms with Gasteiger partial charge in [-0.3, -0.25) is 19.2 Å². The Kier molecular flexibility index (Phi) is 24.0. The Balaban J connectivity index is 0.000000219. The van der Waals surface area contributed by atoms with Crippen LogP contribution in [-0.4, -0.2) is 40.1 Å². The number of ether oxygens (including phenoxy) is 1. The van der Waals surface area contributed by atoms with Gasteiger partial charge in [0.15, 0.2) is 0 Å². The number of nitriles is 1. The van der Waals surface area contributed by atoms with Gasteiger partial charge in [-0.05, 0) is 140 Å². The van der Waals surface area contributed by atoms with E-state index in [-0.39, 0.29) is 19.2 Å². The summed E-state index contributed by atoms with van der Waals surface area (Å²) in [6.45, 7) is 13.8. The van der Waals surface area contributed by atoms with E-state index in [1.54, 1.807) is 19.2 Å². The fourth-order valence-corrected chi connectivity index (χ4v) is 9.86. The molecule has 382 valence electrons. The van der Waals surface area contributed by atoms with E-state index in [4.69, 9.17) is 34.4 Å². The molecule has 0 aliphatic carbocycles. The summed E-state index contributed by atoms with van der Waals surface area (Å²) >= 11 is 16.0. The second kappa shape index (κ2) is 29.7. The van der Waals surface area contributed by atoms with Gasteiger partial charge in [0, 0.05) is 28.1 Å². The summed E-state index contributed by atoms with van der Waals surface area (Å²) in [6.07, 6.45) is 5.46. The molecule has 0 unspecified atom stereocenters. The number of amides is 2. The summed E-state index contributed by atoms with van der Waals surface area (Å²) in [5, 5.41) is 12.6. The minimum atomic E-state index is -0.145. The van der Waals surface area contributed by atoms with Crippen molar-refractivity contribution in [1.82, 2.24) is 10.6 Å². The summed E-state index contributed by atoms with van der Waals surface area (Å²) in [6, 6.07) is 50.1. The zero-order valence-corrected chi connectivity index (χ0v) is 47.0. The number of aryl methyl sites for hydroxylation is 6. The lowest BCUT2D eigenvalue weighted by Gasteiger charge is -2.10. The van der Waals surface area contributed by atoms with Gasteiger partial charge in [0.2, 0.25) is 0 Å².